The van der Waals surface area contributed by atoms with Crippen molar-refractivity contribution in [2.45, 2.75) is 6.92 Å². The van der Waals surface area contributed by atoms with Crippen LogP contribution in [0, 0.1) is 6.92 Å². The molecule has 0 bridgehead atoms. The number of benzene rings is 6. The predicted octanol–water partition coefficient (Wildman–Crippen LogP) is 8.79. The maximum atomic E-state index is 2.30. The Morgan fingerprint density at radius 1 is 0.323 bits per heavy atom. The van der Waals surface area contributed by atoms with Crippen molar-refractivity contribution in [1.82, 2.24) is 0 Å². The van der Waals surface area contributed by atoms with Crippen LogP contribution in [-0.2, 0) is 0 Å². The largest absolute Gasteiger partial charge is 0.0616 e. The van der Waals surface area contributed by atoms with E-state index >= 15 is 0 Å². The first-order chi connectivity index (χ1) is 15.3. The monoisotopic (exact) mass is 394 g/mol. The van der Waals surface area contributed by atoms with Gasteiger partial charge >= 0.3 is 0 Å². The molecule has 0 amide bonds. The maximum absolute atomic E-state index is 2.30. The average molecular weight is 395 g/mol. The Morgan fingerprint density at radius 3 is 1.39 bits per heavy atom. The van der Waals surface area contributed by atoms with Crippen LogP contribution in [0.2, 0.25) is 0 Å². The summed E-state index contributed by atoms with van der Waals surface area (Å²) in [6, 6.07) is 41.9. The summed E-state index contributed by atoms with van der Waals surface area (Å²) in [5.41, 5.74) is 6.47. The fraction of sp³-hybridized carbons (Fsp3) is 0.0323. The van der Waals surface area contributed by atoms with E-state index in [1.54, 1.807) is 0 Å². The molecule has 0 N–H and O–H groups in total. The molecule has 0 saturated heterocycles. The fourth-order valence-electron chi connectivity index (χ4n) is 4.91. The van der Waals surface area contributed by atoms with E-state index in [0.717, 1.165) is 0 Å². The first-order valence-corrected chi connectivity index (χ1v) is 10.8. The molecule has 146 valence electrons. The Balaban J connectivity index is 1.67. The van der Waals surface area contributed by atoms with Gasteiger partial charge in [-0.15, -0.1) is 0 Å². The predicted molar refractivity (Wildman–Crippen MR) is 135 cm³/mol. The van der Waals surface area contributed by atoms with Crippen molar-refractivity contribution in [1.29, 1.82) is 0 Å². The molecule has 0 saturated carbocycles. The topological polar surface area (TPSA) is 0 Å². The summed E-state index contributed by atoms with van der Waals surface area (Å²) in [5, 5.41) is 7.79. The summed E-state index contributed by atoms with van der Waals surface area (Å²) in [6.07, 6.45) is 0. The summed E-state index contributed by atoms with van der Waals surface area (Å²) >= 11 is 0. The highest BCUT2D eigenvalue weighted by Crippen LogP contribution is 2.40. The molecule has 6 aromatic rings. The molecule has 0 nitrogen and oxygen atoms in total. The third kappa shape index (κ3) is 2.84. The quantitative estimate of drug-likeness (QED) is 0.275. The van der Waals surface area contributed by atoms with E-state index < -0.39 is 0 Å². The summed E-state index contributed by atoms with van der Waals surface area (Å²) in [6.45, 7) is 2.19. The third-order valence-corrected chi connectivity index (χ3v) is 6.44. The van der Waals surface area contributed by atoms with Crippen LogP contribution in [0.1, 0.15) is 5.56 Å². The van der Waals surface area contributed by atoms with E-state index in [2.05, 4.69) is 122 Å². The van der Waals surface area contributed by atoms with Crippen LogP contribution in [0.25, 0.3) is 54.6 Å². The first-order valence-electron chi connectivity index (χ1n) is 10.8. The summed E-state index contributed by atoms with van der Waals surface area (Å²) in [5.74, 6) is 0. The van der Waals surface area contributed by atoms with Crippen LogP contribution < -0.4 is 0 Å². The number of aryl methyl sites for hydroxylation is 1. The highest BCUT2D eigenvalue weighted by atomic mass is 14.2. The lowest BCUT2D eigenvalue weighted by Crippen LogP contribution is -1.89. The second kappa shape index (κ2) is 7.11. The molecule has 0 aliphatic rings. The molecule has 31 heavy (non-hydrogen) atoms. The molecular formula is C31H22. The van der Waals surface area contributed by atoms with Gasteiger partial charge in [-0.25, -0.2) is 0 Å². The van der Waals surface area contributed by atoms with Gasteiger partial charge in [-0.05, 0) is 67.1 Å². The molecule has 0 aliphatic carbocycles. The number of rotatable bonds is 2. The van der Waals surface area contributed by atoms with Gasteiger partial charge in [-0.1, -0.05) is 115 Å². The van der Waals surface area contributed by atoms with E-state index in [4.69, 9.17) is 0 Å². The first kappa shape index (κ1) is 17.9. The molecule has 0 aromatic heterocycles. The van der Waals surface area contributed by atoms with Gasteiger partial charge in [0.15, 0.2) is 0 Å². The molecule has 0 unspecified atom stereocenters. The normalized spacial score (nSPS) is 11.4. The Morgan fingerprint density at radius 2 is 0.742 bits per heavy atom. The highest BCUT2D eigenvalue weighted by molar-refractivity contribution is 6.12. The lowest BCUT2D eigenvalue weighted by Gasteiger charge is -2.15. The van der Waals surface area contributed by atoms with Crippen molar-refractivity contribution in [2.75, 3.05) is 0 Å². The minimum absolute atomic E-state index is 1.28. The fourth-order valence-corrected chi connectivity index (χ4v) is 4.91. The van der Waals surface area contributed by atoms with E-state index in [1.807, 2.05) is 0 Å². The van der Waals surface area contributed by atoms with Crippen molar-refractivity contribution in [2.24, 2.45) is 0 Å². The van der Waals surface area contributed by atoms with Gasteiger partial charge in [0, 0.05) is 0 Å². The lowest BCUT2D eigenvalue weighted by molar-refractivity contribution is 1.53. The smallest absolute Gasteiger partial charge is 0.00987 e. The second-order valence-electron chi connectivity index (χ2n) is 8.21. The minimum atomic E-state index is 1.28. The van der Waals surface area contributed by atoms with Crippen molar-refractivity contribution < 1.29 is 0 Å². The zero-order valence-corrected chi connectivity index (χ0v) is 17.5. The van der Waals surface area contributed by atoms with Crippen LogP contribution >= 0.6 is 0 Å². The van der Waals surface area contributed by atoms with E-state index in [0.29, 0.717) is 0 Å². The van der Waals surface area contributed by atoms with Gasteiger partial charge in [-0.3, -0.25) is 0 Å². The summed E-state index contributed by atoms with van der Waals surface area (Å²) < 4.78 is 0. The summed E-state index contributed by atoms with van der Waals surface area (Å²) in [7, 11) is 0. The van der Waals surface area contributed by atoms with E-state index in [1.165, 1.54) is 60.1 Å². The van der Waals surface area contributed by atoms with Gasteiger partial charge < -0.3 is 0 Å². The van der Waals surface area contributed by atoms with Gasteiger partial charge in [0.05, 0.1) is 0 Å². The van der Waals surface area contributed by atoms with Crippen LogP contribution in [0.4, 0.5) is 0 Å². The summed E-state index contributed by atoms with van der Waals surface area (Å²) in [4.78, 5) is 0. The van der Waals surface area contributed by atoms with Gasteiger partial charge in [0.2, 0.25) is 0 Å². The number of hydrogen-bond acceptors (Lipinski definition) is 0. The molecule has 0 aliphatic heterocycles. The zero-order chi connectivity index (χ0) is 20.8. The molecule has 0 spiro atoms. The minimum Gasteiger partial charge on any atom is -0.0616 e. The van der Waals surface area contributed by atoms with Gasteiger partial charge in [0.25, 0.3) is 0 Å². The van der Waals surface area contributed by atoms with Crippen LogP contribution in [-0.4, -0.2) is 0 Å². The van der Waals surface area contributed by atoms with Crippen molar-refractivity contribution in [3.8, 4) is 22.3 Å². The molecule has 0 fully saturated rings. The maximum Gasteiger partial charge on any atom is -0.00987 e. The molecule has 6 aromatic carbocycles. The van der Waals surface area contributed by atoms with E-state index in [9.17, 15) is 0 Å². The Hall–Kier alpha value is -3.90. The SMILES string of the molecule is Cc1ccc(-c2ccc(-c3cccc4ccccc34)c3ccccc23)c2ccccc12. The lowest BCUT2D eigenvalue weighted by atomic mass is 9.88. The molecule has 0 atom stereocenters. The number of hydrogen-bond donors (Lipinski definition) is 0. The Kier molecular flexibility index (Phi) is 4.11. The van der Waals surface area contributed by atoms with E-state index in [-0.39, 0.29) is 0 Å². The molecular weight excluding hydrogens is 372 g/mol. The van der Waals surface area contributed by atoms with Crippen molar-refractivity contribution in [3.05, 3.63) is 121 Å². The third-order valence-electron chi connectivity index (χ3n) is 6.44. The average Bonchev–Trinajstić information content (AvgIpc) is 2.84. The molecule has 0 heterocycles. The molecule has 6 rings (SSSR count). The highest BCUT2D eigenvalue weighted by Gasteiger charge is 2.13. The standard InChI is InChI=1S/C31H22/c1-21-17-18-29(25-13-5-4-11-23(21)25)31-20-19-30(27-14-6-7-15-28(27)31)26-16-8-10-22-9-2-3-12-24(22)26/h2-20H,1H3. The molecule has 0 heteroatoms. The van der Waals surface area contributed by atoms with Gasteiger partial charge in [-0.2, -0.15) is 0 Å². The Bertz CT molecular complexity index is 1580. The molecule has 0 radical (unpaired) electrons. The van der Waals surface area contributed by atoms with Crippen molar-refractivity contribution >= 4 is 32.3 Å². The Labute approximate surface area is 182 Å². The van der Waals surface area contributed by atoms with Crippen molar-refractivity contribution in [3.63, 3.8) is 0 Å². The van der Waals surface area contributed by atoms with Crippen LogP contribution in [0.5, 0.6) is 0 Å². The van der Waals surface area contributed by atoms with Crippen LogP contribution in [0.3, 0.4) is 0 Å². The zero-order valence-electron chi connectivity index (χ0n) is 17.5. The second-order valence-corrected chi connectivity index (χ2v) is 8.21. The number of fused-ring (bicyclic) bond motifs is 3. The van der Waals surface area contributed by atoms with Crippen LogP contribution in [0.15, 0.2) is 115 Å². The van der Waals surface area contributed by atoms with Gasteiger partial charge in [0.1, 0.15) is 0 Å².